The van der Waals surface area contributed by atoms with Crippen LogP contribution in [0, 0.1) is 0 Å². The fourth-order valence-electron chi connectivity index (χ4n) is 3.27. The lowest BCUT2D eigenvalue weighted by molar-refractivity contribution is -0.113. The zero-order chi connectivity index (χ0) is 22.3. The minimum Gasteiger partial charge on any atom is -0.494 e. The van der Waals surface area contributed by atoms with Crippen molar-refractivity contribution >= 4 is 45.4 Å². The molecule has 1 aliphatic heterocycles. The van der Waals surface area contributed by atoms with Crippen molar-refractivity contribution in [3.8, 4) is 5.75 Å². The van der Waals surface area contributed by atoms with Gasteiger partial charge < -0.3 is 26.1 Å². The molecule has 4 rings (SSSR count). The number of benzene rings is 2. The number of ether oxygens (including phenoxy) is 1. The number of carbonyl (C=O) groups is 1. The van der Waals surface area contributed by atoms with Crippen molar-refractivity contribution in [2.24, 2.45) is 15.7 Å². The van der Waals surface area contributed by atoms with E-state index in [4.69, 9.17) is 10.5 Å². The maximum Gasteiger partial charge on any atom is 0.234 e. The molecule has 2 heterocycles. The highest BCUT2D eigenvalue weighted by Gasteiger charge is 2.20. The number of nitrogens with zero attached hydrogens (tertiary/aromatic N) is 2. The van der Waals surface area contributed by atoms with Crippen LogP contribution in [0.3, 0.4) is 0 Å². The number of hydrogen-bond acceptors (Lipinski definition) is 7. The molecule has 0 saturated heterocycles. The number of amides is 1. The molecule has 3 aromatic rings. The monoisotopic (exact) mass is 450 g/mol. The van der Waals surface area contributed by atoms with Crippen molar-refractivity contribution in [3.05, 3.63) is 60.3 Å². The molecular formula is C23H26N6O2S. The van der Waals surface area contributed by atoms with Gasteiger partial charge in [-0.15, -0.1) is 0 Å². The predicted molar refractivity (Wildman–Crippen MR) is 131 cm³/mol. The second-order valence-electron chi connectivity index (χ2n) is 7.30. The molecule has 0 radical (unpaired) electrons. The lowest BCUT2D eigenvalue weighted by Gasteiger charge is -2.18. The van der Waals surface area contributed by atoms with Gasteiger partial charge >= 0.3 is 0 Å². The first-order valence-electron chi connectivity index (χ1n) is 10.5. The van der Waals surface area contributed by atoms with Crippen molar-refractivity contribution in [3.63, 3.8) is 0 Å². The van der Waals surface area contributed by atoms with Crippen LogP contribution in [0.5, 0.6) is 5.75 Å². The molecule has 0 bridgehead atoms. The number of H-pyrrole nitrogens is 1. The second-order valence-corrected chi connectivity index (χ2v) is 8.26. The van der Waals surface area contributed by atoms with E-state index in [0.29, 0.717) is 11.8 Å². The molecule has 32 heavy (non-hydrogen) atoms. The number of para-hydroxylation sites is 1. The van der Waals surface area contributed by atoms with Crippen LogP contribution < -0.4 is 21.1 Å². The van der Waals surface area contributed by atoms with Gasteiger partial charge in [0.15, 0.2) is 17.3 Å². The minimum atomic E-state index is -0.460. The fraction of sp³-hybridized carbons (Fsp3) is 0.261. The Morgan fingerprint density at radius 3 is 2.81 bits per heavy atom. The Balaban J connectivity index is 1.34. The van der Waals surface area contributed by atoms with Gasteiger partial charge in [0.25, 0.3) is 0 Å². The average Bonchev–Trinajstić information content (AvgIpc) is 3.23. The van der Waals surface area contributed by atoms with Gasteiger partial charge in [-0.3, -0.25) is 4.79 Å². The number of nitrogens with one attached hydrogen (secondary N) is 3. The van der Waals surface area contributed by atoms with Crippen LogP contribution in [0.15, 0.2) is 64.7 Å². The minimum absolute atomic E-state index is 0.135. The second kappa shape index (κ2) is 10.2. The highest BCUT2D eigenvalue weighted by molar-refractivity contribution is 8.14. The van der Waals surface area contributed by atoms with Crippen molar-refractivity contribution in [2.75, 3.05) is 17.7 Å². The smallest absolute Gasteiger partial charge is 0.234 e. The van der Waals surface area contributed by atoms with Crippen LogP contribution in [0.25, 0.3) is 10.9 Å². The Kier molecular flexibility index (Phi) is 6.96. The maximum absolute atomic E-state index is 12.4. The molecule has 0 spiro atoms. The van der Waals surface area contributed by atoms with Crippen LogP contribution >= 0.6 is 11.8 Å². The Bertz CT molecular complexity index is 1140. The molecule has 1 aromatic heterocycles. The Labute approximate surface area is 190 Å². The number of unbranched alkanes of at least 4 members (excludes halogenated alkanes) is 1. The van der Waals surface area contributed by atoms with Crippen molar-refractivity contribution in [2.45, 2.75) is 25.9 Å². The Morgan fingerprint density at radius 2 is 2.00 bits per heavy atom. The molecule has 1 amide bonds. The standard InChI is InChI=1S/C23H26N6O2S/c1-2-3-12-31-16-10-8-15(9-11-16)26-20(30)14-32-23-28-21(27-22(24)29-23)18-13-25-19-7-5-4-6-17(18)19/h4-11,13,21,25H,2-3,12,14H2,1H3,(H,26,30)(H3,24,27,28,29). The van der Waals surface area contributed by atoms with E-state index >= 15 is 0 Å². The lowest BCUT2D eigenvalue weighted by atomic mass is 10.1. The van der Waals surface area contributed by atoms with E-state index < -0.39 is 6.17 Å². The van der Waals surface area contributed by atoms with Gasteiger partial charge in [-0.1, -0.05) is 43.3 Å². The van der Waals surface area contributed by atoms with Crippen molar-refractivity contribution in [1.29, 1.82) is 0 Å². The van der Waals surface area contributed by atoms with E-state index in [1.54, 1.807) is 0 Å². The quantitative estimate of drug-likeness (QED) is 0.387. The van der Waals surface area contributed by atoms with E-state index in [2.05, 4.69) is 32.5 Å². The molecule has 8 nitrogen and oxygen atoms in total. The first-order valence-corrected chi connectivity index (χ1v) is 11.5. The van der Waals surface area contributed by atoms with Gasteiger partial charge in [0.2, 0.25) is 5.91 Å². The summed E-state index contributed by atoms with van der Waals surface area (Å²) >= 11 is 1.28. The van der Waals surface area contributed by atoms with Crippen molar-refractivity contribution < 1.29 is 9.53 Å². The van der Waals surface area contributed by atoms with E-state index in [9.17, 15) is 4.79 Å². The molecule has 5 N–H and O–H groups in total. The highest BCUT2D eigenvalue weighted by Crippen LogP contribution is 2.29. The summed E-state index contributed by atoms with van der Waals surface area (Å²) in [4.78, 5) is 24.7. The van der Waals surface area contributed by atoms with Crippen LogP contribution in [0.4, 0.5) is 5.69 Å². The highest BCUT2D eigenvalue weighted by atomic mass is 32.2. The van der Waals surface area contributed by atoms with Crippen LogP contribution in [0.2, 0.25) is 0 Å². The fourth-order valence-corrected chi connectivity index (χ4v) is 3.96. The van der Waals surface area contributed by atoms with Crippen molar-refractivity contribution in [1.82, 2.24) is 10.3 Å². The van der Waals surface area contributed by atoms with Crippen LogP contribution in [-0.4, -0.2) is 34.4 Å². The molecule has 1 aliphatic rings. The molecule has 0 fully saturated rings. The summed E-state index contributed by atoms with van der Waals surface area (Å²) in [6.45, 7) is 2.82. The Morgan fingerprint density at radius 1 is 1.19 bits per heavy atom. The zero-order valence-corrected chi connectivity index (χ0v) is 18.6. The van der Waals surface area contributed by atoms with Gasteiger partial charge in [-0.05, 0) is 36.8 Å². The number of carbonyl (C=O) groups excluding carboxylic acids is 1. The maximum atomic E-state index is 12.4. The third kappa shape index (κ3) is 5.42. The predicted octanol–water partition coefficient (Wildman–Crippen LogP) is 3.99. The molecule has 0 aliphatic carbocycles. The topological polar surface area (TPSA) is 117 Å². The number of anilines is 1. The number of guanidine groups is 1. The average molecular weight is 451 g/mol. The summed E-state index contributed by atoms with van der Waals surface area (Å²) in [5, 5.41) is 7.43. The molecule has 9 heteroatoms. The van der Waals surface area contributed by atoms with Gasteiger partial charge in [0.1, 0.15) is 5.75 Å². The SMILES string of the molecule is CCCCOc1ccc(NC(=O)CSC2=NC(c3c[nH]c4ccccc34)N=C(N)N2)cc1. The number of aliphatic imine (C=N–C) groups is 2. The summed E-state index contributed by atoms with van der Waals surface area (Å²) in [6.07, 6.45) is 3.54. The summed E-state index contributed by atoms with van der Waals surface area (Å²) in [7, 11) is 0. The van der Waals surface area contributed by atoms with E-state index in [1.165, 1.54) is 11.8 Å². The van der Waals surface area contributed by atoms with E-state index in [-0.39, 0.29) is 17.6 Å². The molecule has 1 unspecified atom stereocenters. The molecule has 166 valence electrons. The summed E-state index contributed by atoms with van der Waals surface area (Å²) in [5.74, 6) is 1.12. The number of amidine groups is 1. The third-order valence-corrected chi connectivity index (χ3v) is 5.77. The number of thioether (sulfide) groups is 1. The summed E-state index contributed by atoms with van der Waals surface area (Å²) in [5.41, 5.74) is 8.65. The summed E-state index contributed by atoms with van der Waals surface area (Å²) in [6, 6.07) is 15.3. The molecule has 0 saturated carbocycles. The summed E-state index contributed by atoms with van der Waals surface area (Å²) < 4.78 is 5.64. The van der Waals surface area contributed by atoms with Crippen LogP contribution in [-0.2, 0) is 4.79 Å². The first kappa shape index (κ1) is 21.8. The molecular weight excluding hydrogens is 424 g/mol. The normalized spacial score (nSPS) is 15.6. The first-order chi connectivity index (χ1) is 15.6. The number of rotatable bonds is 8. The van der Waals surface area contributed by atoms with Gasteiger partial charge in [0, 0.05) is 28.4 Å². The van der Waals surface area contributed by atoms with E-state index in [0.717, 1.165) is 40.7 Å². The molecule has 1 atom stereocenters. The number of fused-ring (bicyclic) bond motifs is 1. The lowest BCUT2D eigenvalue weighted by Crippen LogP contribution is -2.39. The number of hydrogen-bond donors (Lipinski definition) is 4. The van der Waals surface area contributed by atoms with Gasteiger partial charge in [-0.2, -0.15) is 0 Å². The third-order valence-electron chi connectivity index (χ3n) is 4.88. The van der Waals surface area contributed by atoms with Crippen LogP contribution in [0.1, 0.15) is 31.5 Å². The zero-order valence-electron chi connectivity index (χ0n) is 17.8. The van der Waals surface area contributed by atoms with Gasteiger partial charge in [-0.25, -0.2) is 9.98 Å². The number of aromatic amines is 1. The number of nitrogens with two attached hydrogens (primary N) is 1. The number of aromatic nitrogens is 1. The molecule has 2 aromatic carbocycles. The van der Waals surface area contributed by atoms with E-state index in [1.807, 2.05) is 54.7 Å². The largest absolute Gasteiger partial charge is 0.494 e. The van der Waals surface area contributed by atoms with Gasteiger partial charge in [0.05, 0.1) is 12.4 Å². The Hall–Kier alpha value is -3.46.